The number of carbonyl (C=O) groups is 2. The van der Waals surface area contributed by atoms with Gasteiger partial charge in [-0.1, -0.05) is 27.7 Å². The minimum Gasteiger partial charge on any atom is -0.493 e. The molecule has 36 heavy (non-hydrogen) atoms. The molecule has 1 aliphatic carbocycles. The molecule has 10 heteroatoms. The van der Waals surface area contributed by atoms with Crippen LogP contribution >= 0.6 is 22.6 Å². The van der Waals surface area contributed by atoms with Crippen molar-refractivity contribution in [3.63, 3.8) is 0 Å². The SMILES string of the molecule is COc1cc(CO)cc(I)c1O[C@H]1C=C(C(=O)NCCO)C[C@@H](N(CCC(C)C)C(=O)C(C)C)[C@@H]1O. The van der Waals surface area contributed by atoms with Crippen LogP contribution in [0.1, 0.15) is 46.1 Å². The summed E-state index contributed by atoms with van der Waals surface area (Å²) in [4.78, 5) is 27.8. The number of methoxy groups -OCH3 is 1. The van der Waals surface area contributed by atoms with Crippen LogP contribution in [0.5, 0.6) is 11.5 Å². The van der Waals surface area contributed by atoms with Crippen LogP contribution in [0.4, 0.5) is 0 Å². The summed E-state index contributed by atoms with van der Waals surface area (Å²) in [6.45, 7) is 7.93. The molecule has 0 aromatic heterocycles. The summed E-state index contributed by atoms with van der Waals surface area (Å²) in [5, 5.41) is 32.8. The highest BCUT2D eigenvalue weighted by atomic mass is 127. The average molecular weight is 619 g/mol. The number of nitrogens with one attached hydrogen (secondary N) is 1. The van der Waals surface area contributed by atoms with Crippen molar-refractivity contribution in [1.82, 2.24) is 10.2 Å². The maximum Gasteiger partial charge on any atom is 0.247 e. The first-order valence-corrected chi connectivity index (χ1v) is 13.3. The van der Waals surface area contributed by atoms with Crippen LogP contribution in [-0.4, -0.2) is 77.1 Å². The Morgan fingerprint density at radius 2 is 1.92 bits per heavy atom. The third-order valence-corrected chi connectivity index (χ3v) is 6.87. The highest BCUT2D eigenvalue weighted by Crippen LogP contribution is 2.37. The Kier molecular flexibility index (Phi) is 11.9. The van der Waals surface area contributed by atoms with Gasteiger partial charge in [0.1, 0.15) is 12.2 Å². The van der Waals surface area contributed by atoms with Crippen molar-refractivity contribution in [1.29, 1.82) is 0 Å². The van der Waals surface area contributed by atoms with Crippen LogP contribution < -0.4 is 14.8 Å². The molecule has 2 rings (SSSR count). The standard InChI is InChI=1S/C26H39IN2O7/c1-15(2)6-8-29(26(34)16(3)4)20-12-18(25(33)28-7-9-30)13-21(23(20)32)36-24-19(27)10-17(14-31)11-22(24)35-5/h10-11,13,15-16,20-21,23,30-32H,6-9,12,14H2,1-5H3,(H,28,33)/t20-,21+,23+/m1/s1. The molecule has 1 aromatic carbocycles. The Labute approximate surface area is 227 Å². The molecule has 0 bridgehead atoms. The fraction of sp³-hybridized carbons (Fsp3) is 0.615. The molecule has 1 aliphatic rings. The van der Waals surface area contributed by atoms with Crippen molar-refractivity contribution in [3.05, 3.63) is 32.9 Å². The number of amides is 2. The maximum absolute atomic E-state index is 13.2. The van der Waals surface area contributed by atoms with Crippen molar-refractivity contribution in [2.45, 2.75) is 65.4 Å². The Bertz CT molecular complexity index is 935. The Morgan fingerprint density at radius 3 is 2.47 bits per heavy atom. The fourth-order valence-electron chi connectivity index (χ4n) is 4.06. The number of hydrogen-bond acceptors (Lipinski definition) is 7. The van der Waals surface area contributed by atoms with Gasteiger partial charge in [-0.05, 0) is 58.7 Å². The molecule has 0 unspecified atom stereocenters. The van der Waals surface area contributed by atoms with E-state index in [0.717, 1.165) is 6.42 Å². The molecular weight excluding hydrogens is 579 g/mol. The van der Waals surface area contributed by atoms with Gasteiger partial charge in [0, 0.05) is 31.0 Å². The van der Waals surface area contributed by atoms with Gasteiger partial charge in [0.25, 0.3) is 0 Å². The van der Waals surface area contributed by atoms with E-state index in [9.17, 15) is 19.8 Å². The number of ether oxygens (including phenoxy) is 2. The lowest BCUT2D eigenvalue weighted by atomic mass is 9.87. The number of nitrogens with zero attached hydrogens (tertiary/aromatic N) is 1. The number of halogens is 1. The highest BCUT2D eigenvalue weighted by molar-refractivity contribution is 14.1. The molecule has 0 fully saturated rings. The molecule has 2 amide bonds. The second-order valence-electron chi connectivity index (χ2n) is 9.65. The first kappa shape index (κ1) is 30.3. The average Bonchev–Trinajstić information content (AvgIpc) is 2.84. The summed E-state index contributed by atoms with van der Waals surface area (Å²) in [5.41, 5.74) is 1.02. The Balaban J connectivity index is 2.51. The van der Waals surface area contributed by atoms with Crippen molar-refractivity contribution in [3.8, 4) is 11.5 Å². The van der Waals surface area contributed by atoms with E-state index >= 15 is 0 Å². The van der Waals surface area contributed by atoms with Gasteiger partial charge >= 0.3 is 0 Å². The van der Waals surface area contributed by atoms with Gasteiger partial charge in [-0.15, -0.1) is 0 Å². The van der Waals surface area contributed by atoms with Crippen LogP contribution in [0, 0.1) is 15.4 Å². The zero-order valence-corrected chi connectivity index (χ0v) is 23.8. The van der Waals surface area contributed by atoms with Crippen LogP contribution in [0.2, 0.25) is 0 Å². The van der Waals surface area contributed by atoms with E-state index < -0.39 is 18.2 Å². The van der Waals surface area contributed by atoms with E-state index in [1.54, 1.807) is 23.1 Å². The molecular formula is C26H39IN2O7. The van der Waals surface area contributed by atoms with E-state index in [4.69, 9.17) is 14.6 Å². The van der Waals surface area contributed by atoms with Crippen LogP contribution in [0.15, 0.2) is 23.8 Å². The van der Waals surface area contributed by atoms with E-state index in [0.29, 0.717) is 38.7 Å². The number of benzene rings is 1. The monoisotopic (exact) mass is 618 g/mol. The third-order valence-electron chi connectivity index (χ3n) is 6.06. The first-order chi connectivity index (χ1) is 17.0. The number of aliphatic hydroxyl groups excluding tert-OH is 3. The molecule has 202 valence electrons. The Hall–Kier alpha value is -1.89. The van der Waals surface area contributed by atoms with Gasteiger partial charge in [-0.3, -0.25) is 9.59 Å². The van der Waals surface area contributed by atoms with Crippen molar-refractivity contribution in [2.75, 3.05) is 26.8 Å². The van der Waals surface area contributed by atoms with Gasteiger partial charge in [-0.25, -0.2) is 0 Å². The van der Waals surface area contributed by atoms with Gasteiger partial charge < -0.3 is 35.0 Å². The largest absolute Gasteiger partial charge is 0.493 e. The van der Waals surface area contributed by atoms with E-state index in [-0.39, 0.29) is 43.9 Å². The molecule has 9 nitrogen and oxygen atoms in total. The molecule has 1 aromatic rings. The van der Waals surface area contributed by atoms with Gasteiger partial charge in [0.15, 0.2) is 11.5 Å². The topological polar surface area (TPSA) is 129 Å². The van der Waals surface area contributed by atoms with Crippen molar-refractivity contribution in [2.24, 2.45) is 11.8 Å². The third kappa shape index (κ3) is 7.80. The summed E-state index contributed by atoms with van der Waals surface area (Å²) >= 11 is 2.07. The molecule has 0 saturated heterocycles. The lowest BCUT2D eigenvalue weighted by molar-refractivity contribution is -0.142. The zero-order chi connectivity index (χ0) is 27.0. The molecule has 3 atom stereocenters. The predicted octanol–water partition coefficient (Wildman–Crippen LogP) is 2.24. The van der Waals surface area contributed by atoms with Gasteiger partial charge in [0.05, 0.1) is 29.9 Å². The normalized spacial score (nSPS) is 19.8. The van der Waals surface area contributed by atoms with E-state index in [1.807, 2.05) is 13.8 Å². The zero-order valence-electron chi connectivity index (χ0n) is 21.7. The lowest BCUT2D eigenvalue weighted by Crippen LogP contribution is -2.56. The summed E-state index contributed by atoms with van der Waals surface area (Å²) in [7, 11) is 1.48. The first-order valence-electron chi connectivity index (χ1n) is 12.3. The molecule has 0 saturated carbocycles. The van der Waals surface area contributed by atoms with Crippen LogP contribution in [0.25, 0.3) is 0 Å². The number of hydrogen-bond donors (Lipinski definition) is 4. The fourth-order valence-corrected chi connectivity index (χ4v) is 4.86. The second-order valence-corrected chi connectivity index (χ2v) is 10.8. The summed E-state index contributed by atoms with van der Waals surface area (Å²) in [6, 6.07) is 2.73. The summed E-state index contributed by atoms with van der Waals surface area (Å²) in [5.74, 6) is 0.333. The van der Waals surface area contributed by atoms with Crippen molar-refractivity contribution < 1.29 is 34.4 Å². The Morgan fingerprint density at radius 1 is 1.22 bits per heavy atom. The van der Waals surface area contributed by atoms with Gasteiger partial charge in [0.2, 0.25) is 11.8 Å². The molecule has 4 N–H and O–H groups in total. The number of aliphatic hydroxyl groups is 3. The second kappa shape index (κ2) is 14.2. The van der Waals surface area contributed by atoms with E-state index in [1.165, 1.54) is 7.11 Å². The minimum atomic E-state index is -1.10. The van der Waals surface area contributed by atoms with Crippen LogP contribution in [-0.2, 0) is 16.2 Å². The highest BCUT2D eigenvalue weighted by Gasteiger charge is 2.41. The summed E-state index contributed by atoms with van der Waals surface area (Å²) in [6.07, 6.45) is 0.433. The smallest absolute Gasteiger partial charge is 0.247 e. The summed E-state index contributed by atoms with van der Waals surface area (Å²) < 4.78 is 12.4. The number of rotatable bonds is 12. The number of carbonyl (C=O) groups excluding carboxylic acids is 2. The van der Waals surface area contributed by atoms with Crippen LogP contribution in [0.3, 0.4) is 0 Å². The lowest BCUT2D eigenvalue weighted by Gasteiger charge is -2.41. The van der Waals surface area contributed by atoms with E-state index in [2.05, 4.69) is 41.8 Å². The molecule has 0 heterocycles. The maximum atomic E-state index is 13.2. The quantitative estimate of drug-likeness (QED) is 0.265. The molecule has 0 spiro atoms. The molecule has 0 radical (unpaired) electrons. The predicted molar refractivity (Wildman–Crippen MR) is 145 cm³/mol. The van der Waals surface area contributed by atoms with Crippen molar-refractivity contribution >= 4 is 34.4 Å². The van der Waals surface area contributed by atoms with Gasteiger partial charge in [-0.2, -0.15) is 0 Å². The molecule has 0 aliphatic heterocycles. The minimum absolute atomic E-state index is 0.0885.